The second-order valence-corrected chi connectivity index (χ2v) is 8.00. The zero-order chi connectivity index (χ0) is 19.6. The van der Waals surface area contributed by atoms with Gasteiger partial charge in [0.2, 0.25) is 5.91 Å². The molecule has 2 aliphatic rings. The molecule has 1 aromatic carbocycles. The van der Waals surface area contributed by atoms with Crippen LogP contribution in [-0.4, -0.2) is 41.1 Å². The maximum atomic E-state index is 12.6. The van der Waals surface area contributed by atoms with Gasteiger partial charge in [0, 0.05) is 12.2 Å². The van der Waals surface area contributed by atoms with E-state index in [1.165, 1.54) is 6.26 Å². The van der Waals surface area contributed by atoms with Crippen molar-refractivity contribution in [2.45, 2.75) is 30.3 Å². The van der Waals surface area contributed by atoms with Crippen molar-refractivity contribution < 1.29 is 23.5 Å². The molecule has 0 aliphatic carbocycles. The summed E-state index contributed by atoms with van der Waals surface area (Å²) in [5.74, 6) is 0.0412. The Kier molecular flexibility index (Phi) is 5.13. The summed E-state index contributed by atoms with van der Waals surface area (Å²) in [6.07, 6.45) is 2.58. The summed E-state index contributed by atoms with van der Waals surface area (Å²) in [7, 11) is 0. The Morgan fingerprint density at radius 1 is 1.25 bits per heavy atom. The van der Waals surface area contributed by atoms with Crippen LogP contribution in [0.2, 0.25) is 0 Å². The van der Waals surface area contributed by atoms with E-state index in [2.05, 4.69) is 5.32 Å². The second kappa shape index (κ2) is 7.71. The quantitative estimate of drug-likeness (QED) is 0.747. The minimum Gasteiger partial charge on any atom is -0.467 e. The van der Waals surface area contributed by atoms with Crippen molar-refractivity contribution in [1.82, 2.24) is 10.2 Å². The summed E-state index contributed by atoms with van der Waals surface area (Å²) in [5.41, 5.74) is 1.01. The first-order chi connectivity index (χ1) is 13.6. The van der Waals surface area contributed by atoms with Crippen LogP contribution >= 0.6 is 11.8 Å². The Balaban J connectivity index is 1.38. The van der Waals surface area contributed by atoms with E-state index in [0.29, 0.717) is 24.4 Å². The SMILES string of the molecule is O=C(COC(=O)[C@H]1CS[C@]2(c3ccccc3)CCC(=O)N12)NCc1ccco1. The van der Waals surface area contributed by atoms with Crippen molar-refractivity contribution in [3.05, 3.63) is 60.1 Å². The lowest BCUT2D eigenvalue weighted by Crippen LogP contribution is -2.47. The maximum Gasteiger partial charge on any atom is 0.330 e. The number of esters is 1. The first-order valence-electron chi connectivity index (χ1n) is 9.07. The van der Waals surface area contributed by atoms with Crippen LogP contribution < -0.4 is 5.32 Å². The molecule has 7 nitrogen and oxygen atoms in total. The Morgan fingerprint density at radius 3 is 2.82 bits per heavy atom. The number of rotatable bonds is 6. The molecule has 146 valence electrons. The number of hydrogen-bond acceptors (Lipinski definition) is 6. The first kappa shape index (κ1) is 18.6. The van der Waals surface area contributed by atoms with Gasteiger partial charge in [0.1, 0.15) is 16.7 Å². The molecular formula is C20H20N2O5S. The minimum absolute atomic E-state index is 0.0573. The summed E-state index contributed by atoms with van der Waals surface area (Å²) in [4.78, 5) is 38.2. The number of fused-ring (bicyclic) bond motifs is 1. The van der Waals surface area contributed by atoms with Crippen molar-refractivity contribution >= 4 is 29.5 Å². The van der Waals surface area contributed by atoms with Crippen LogP contribution in [0.1, 0.15) is 24.2 Å². The number of hydrogen-bond donors (Lipinski definition) is 1. The molecule has 1 aromatic heterocycles. The predicted octanol–water partition coefficient (Wildman–Crippen LogP) is 2.03. The van der Waals surface area contributed by atoms with Crippen LogP contribution in [0.15, 0.2) is 53.1 Å². The second-order valence-electron chi connectivity index (χ2n) is 6.70. The van der Waals surface area contributed by atoms with E-state index >= 15 is 0 Å². The smallest absolute Gasteiger partial charge is 0.330 e. The van der Waals surface area contributed by atoms with Crippen molar-refractivity contribution in [3.63, 3.8) is 0 Å². The number of amides is 2. The average Bonchev–Trinajstić information content (AvgIpc) is 3.43. The maximum absolute atomic E-state index is 12.6. The van der Waals surface area contributed by atoms with Gasteiger partial charge in [-0.2, -0.15) is 0 Å². The summed E-state index contributed by atoms with van der Waals surface area (Å²) in [6.45, 7) is -0.161. The number of carbonyl (C=O) groups is 3. The third-order valence-electron chi connectivity index (χ3n) is 5.01. The molecule has 28 heavy (non-hydrogen) atoms. The van der Waals surface area contributed by atoms with Gasteiger partial charge in [-0.1, -0.05) is 30.3 Å². The highest BCUT2D eigenvalue weighted by Crippen LogP contribution is 2.54. The number of nitrogens with zero attached hydrogens (tertiary/aromatic N) is 1. The van der Waals surface area contributed by atoms with E-state index in [4.69, 9.17) is 9.15 Å². The Labute approximate surface area is 166 Å². The van der Waals surface area contributed by atoms with Crippen molar-refractivity contribution in [2.75, 3.05) is 12.4 Å². The molecule has 1 N–H and O–H groups in total. The van der Waals surface area contributed by atoms with Crippen LogP contribution in [0, 0.1) is 0 Å². The molecule has 2 aromatic rings. The highest BCUT2D eigenvalue weighted by Gasteiger charge is 2.57. The summed E-state index contributed by atoms with van der Waals surface area (Å²) >= 11 is 1.59. The largest absolute Gasteiger partial charge is 0.467 e. The number of ether oxygens (including phenoxy) is 1. The van der Waals surface area contributed by atoms with Crippen molar-refractivity contribution in [1.29, 1.82) is 0 Å². The Bertz CT molecular complexity index is 870. The monoisotopic (exact) mass is 400 g/mol. The van der Waals surface area contributed by atoms with Gasteiger partial charge in [0.15, 0.2) is 6.61 Å². The van der Waals surface area contributed by atoms with E-state index in [9.17, 15) is 14.4 Å². The molecule has 4 rings (SSSR count). The molecule has 0 radical (unpaired) electrons. The van der Waals surface area contributed by atoms with Gasteiger partial charge >= 0.3 is 5.97 Å². The van der Waals surface area contributed by atoms with Crippen LogP contribution in [0.4, 0.5) is 0 Å². The number of benzene rings is 1. The third kappa shape index (κ3) is 3.40. The number of thioether (sulfide) groups is 1. The molecule has 2 saturated heterocycles. The molecule has 8 heteroatoms. The zero-order valence-electron chi connectivity index (χ0n) is 15.1. The fourth-order valence-corrected chi connectivity index (χ4v) is 5.33. The molecule has 2 aliphatic heterocycles. The van der Waals surface area contributed by atoms with E-state index in [1.54, 1.807) is 28.8 Å². The number of furan rings is 1. The van der Waals surface area contributed by atoms with Crippen molar-refractivity contribution in [2.24, 2.45) is 0 Å². The van der Waals surface area contributed by atoms with Gasteiger partial charge < -0.3 is 19.4 Å². The van der Waals surface area contributed by atoms with Crippen LogP contribution in [-0.2, 0) is 30.5 Å². The van der Waals surface area contributed by atoms with Crippen LogP contribution in [0.25, 0.3) is 0 Å². The average molecular weight is 400 g/mol. The van der Waals surface area contributed by atoms with Gasteiger partial charge in [0.05, 0.1) is 12.8 Å². The molecule has 0 spiro atoms. The fourth-order valence-electron chi connectivity index (χ4n) is 3.70. The molecule has 2 fully saturated rings. The van der Waals surface area contributed by atoms with E-state index in [0.717, 1.165) is 5.56 Å². The minimum atomic E-state index is -0.682. The molecular weight excluding hydrogens is 380 g/mol. The molecule has 0 bridgehead atoms. The van der Waals surface area contributed by atoms with Crippen LogP contribution in [0.3, 0.4) is 0 Å². The van der Waals surface area contributed by atoms with Gasteiger partial charge in [-0.25, -0.2) is 4.79 Å². The van der Waals surface area contributed by atoms with E-state index < -0.39 is 22.8 Å². The van der Waals surface area contributed by atoms with Gasteiger partial charge in [0.25, 0.3) is 5.91 Å². The first-order valence-corrected chi connectivity index (χ1v) is 10.1. The lowest BCUT2D eigenvalue weighted by Gasteiger charge is -2.33. The molecule has 2 amide bonds. The topological polar surface area (TPSA) is 88.9 Å². The van der Waals surface area contributed by atoms with Crippen molar-refractivity contribution in [3.8, 4) is 0 Å². The molecule has 0 unspecified atom stereocenters. The predicted molar refractivity (Wildman–Crippen MR) is 102 cm³/mol. The van der Waals surface area contributed by atoms with Gasteiger partial charge in [-0.15, -0.1) is 11.8 Å². The third-order valence-corrected chi connectivity index (χ3v) is 6.61. The standard InChI is InChI=1S/C20H20N2O5S/c23-17(21-11-15-7-4-10-26-15)12-27-19(25)16-13-28-20(9-8-18(24)22(16)20)14-5-2-1-3-6-14/h1-7,10,16H,8-9,11-13H2,(H,21,23)/t16-,20+/m1/s1. The molecule has 3 heterocycles. The highest BCUT2D eigenvalue weighted by atomic mass is 32.2. The number of carbonyl (C=O) groups excluding carboxylic acids is 3. The Morgan fingerprint density at radius 2 is 2.07 bits per heavy atom. The fraction of sp³-hybridized carbons (Fsp3) is 0.350. The number of nitrogens with one attached hydrogen (secondary N) is 1. The summed E-state index contributed by atoms with van der Waals surface area (Å²) in [5, 5.41) is 2.62. The van der Waals surface area contributed by atoms with Gasteiger partial charge in [-0.3, -0.25) is 9.59 Å². The molecule has 0 saturated carbocycles. The summed E-state index contributed by atoms with van der Waals surface area (Å²) in [6, 6.07) is 12.5. The lowest BCUT2D eigenvalue weighted by molar-refractivity contribution is -0.156. The van der Waals surface area contributed by atoms with Gasteiger partial charge in [-0.05, 0) is 24.1 Å². The lowest BCUT2D eigenvalue weighted by atomic mass is 10.0. The molecule has 2 atom stereocenters. The zero-order valence-corrected chi connectivity index (χ0v) is 15.9. The van der Waals surface area contributed by atoms with E-state index in [-0.39, 0.29) is 19.1 Å². The highest BCUT2D eigenvalue weighted by molar-refractivity contribution is 8.00. The van der Waals surface area contributed by atoms with Crippen LogP contribution in [0.5, 0.6) is 0 Å². The summed E-state index contributed by atoms with van der Waals surface area (Å²) < 4.78 is 10.3. The normalized spacial score (nSPS) is 23.5. The Hall–Kier alpha value is -2.74. The van der Waals surface area contributed by atoms with E-state index in [1.807, 2.05) is 30.3 Å².